The van der Waals surface area contributed by atoms with E-state index in [4.69, 9.17) is 16.0 Å². The fraction of sp³-hybridized carbons (Fsp3) is 0.217. The van der Waals surface area contributed by atoms with Crippen LogP contribution in [0.5, 0.6) is 0 Å². The first-order chi connectivity index (χ1) is 15.7. The van der Waals surface area contributed by atoms with E-state index < -0.39 is 23.3 Å². The SMILES string of the molecule is O=C(c1nc2c(C(F)(F)F)cc(-c3ccco3)cn2c1Cl)N1CCC(c2ccc(F)cc2)C1. The van der Waals surface area contributed by atoms with Gasteiger partial charge in [-0.05, 0) is 42.3 Å². The number of carbonyl (C=O) groups excluding carboxylic acids is 1. The van der Waals surface area contributed by atoms with E-state index in [-0.39, 0.29) is 33.9 Å². The van der Waals surface area contributed by atoms with Crippen molar-refractivity contribution in [1.29, 1.82) is 0 Å². The first kappa shape index (κ1) is 21.5. The Kier molecular flexibility index (Phi) is 5.16. The van der Waals surface area contributed by atoms with Crippen LogP contribution in [0.4, 0.5) is 17.6 Å². The Labute approximate surface area is 190 Å². The summed E-state index contributed by atoms with van der Waals surface area (Å²) in [6.45, 7) is 0.716. The summed E-state index contributed by atoms with van der Waals surface area (Å²) in [5.41, 5.74) is -0.701. The first-order valence-electron chi connectivity index (χ1n) is 10.1. The fourth-order valence-electron chi connectivity index (χ4n) is 4.14. The molecule has 5 nitrogen and oxygen atoms in total. The van der Waals surface area contributed by atoms with Crippen molar-refractivity contribution < 1.29 is 26.8 Å². The molecule has 1 aliphatic rings. The van der Waals surface area contributed by atoms with Gasteiger partial charge in [-0.1, -0.05) is 23.7 Å². The molecule has 3 aromatic heterocycles. The number of hydrogen-bond acceptors (Lipinski definition) is 3. The summed E-state index contributed by atoms with van der Waals surface area (Å²) in [6.07, 6.45) is -1.37. The van der Waals surface area contributed by atoms with E-state index in [1.165, 1.54) is 35.6 Å². The molecule has 0 bridgehead atoms. The summed E-state index contributed by atoms with van der Waals surface area (Å²) in [4.78, 5) is 18.6. The number of rotatable bonds is 3. The molecule has 1 aliphatic heterocycles. The smallest absolute Gasteiger partial charge is 0.420 e. The van der Waals surface area contributed by atoms with Gasteiger partial charge in [0.15, 0.2) is 11.3 Å². The lowest BCUT2D eigenvalue weighted by molar-refractivity contribution is -0.136. The van der Waals surface area contributed by atoms with Gasteiger partial charge in [-0.2, -0.15) is 13.2 Å². The highest BCUT2D eigenvalue weighted by Crippen LogP contribution is 2.37. The second-order valence-corrected chi connectivity index (χ2v) is 8.21. The van der Waals surface area contributed by atoms with Crippen LogP contribution in [0, 0.1) is 5.82 Å². The van der Waals surface area contributed by atoms with E-state index >= 15 is 0 Å². The van der Waals surface area contributed by atoms with Gasteiger partial charge in [-0.15, -0.1) is 0 Å². The van der Waals surface area contributed by atoms with Gasteiger partial charge in [0.1, 0.15) is 16.7 Å². The summed E-state index contributed by atoms with van der Waals surface area (Å²) in [5, 5.41) is -0.209. The van der Waals surface area contributed by atoms with Gasteiger partial charge < -0.3 is 9.32 Å². The Hall–Kier alpha value is -3.33. The van der Waals surface area contributed by atoms with Gasteiger partial charge in [0, 0.05) is 30.8 Å². The van der Waals surface area contributed by atoms with Gasteiger partial charge in [-0.3, -0.25) is 9.20 Å². The Morgan fingerprint density at radius 3 is 2.61 bits per heavy atom. The third-order valence-electron chi connectivity index (χ3n) is 5.79. The molecule has 170 valence electrons. The molecule has 33 heavy (non-hydrogen) atoms. The molecule has 1 aromatic carbocycles. The number of halogens is 5. The van der Waals surface area contributed by atoms with Crippen molar-refractivity contribution in [2.24, 2.45) is 0 Å². The van der Waals surface area contributed by atoms with Crippen LogP contribution in [0.2, 0.25) is 5.15 Å². The Balaban J connectivity index is 1.51. The van der Waals surface area contributed by atoms with Crippen molar-refractivity contribution in [1.82, 2.24) is 14.3 Å². The average Bonchev–Trinajstić information content (AvgIpc) is 3.53. The maximum Gasteiger partial charge on any atom is 0.420 e. The standard InChI is InChI=1S/C23H16ClF4N3O2/c24-20-19(22(32)30-8-7-14(11-30)13-3-5-16(25)6-4-13)29-21-17(23(26,27)28)10-15(12-31(20)21)18-2-1-9-33-18/h1-6,9-10,12,14H,7-8,11H2. The van der Waals surface area contributed by atoms with Gasteiger partial charge in [0.2, 0.25) is 0 Å². The van der Waals surface area contributed by atoms with Crippen LogP contribution < -0.4 is 0 Å². The maximum atomic E-state index is 13.8. The molecule has 1 amide bonds. The quantitative estimate of drug-likeness (QED) is 0.338. The molecule has 0 radical (unpaired) electrons. The van der Waals surface area contributed by atoms with Gasteiger partial charge in [0.05, 0.1) is 11.8 Å². The summed E-state index contributed by atoms with van der Waals surface area (Å²) in [7, 11) is 0. The van der Waals surface area contributed by atoms with Crippen molar-refractivity contribution in [3.8, 4) is 11.3 Å². The summed E-state index contributed by atoms with van der Waals surface area (Å²) < 4.78 is 60.9. The number of alkyl halides is 3. The van der Waals surface area contributed by atoms with Gasteiger partial charge in [0.25, 0.3) is 5.91 Å². The number of pyridine rings is 1. The Morgan fingerprint density at radius 2 is 1.94 bits per heavy atom. The Morgan fingerprint density at radius 1 is 1.18 bits per heavy atom. The topological polar surface area (TPSA) is 50.8 Å². The highest BCUT2D eigenvalue weighted by molar-refractivity contribution is 6.33. The van der Waals surface area contributed by atoms with E-state index in [0.29, 0.717) is 19.5 Å². The third-order valence-corrected chi connectivity index (χ3v) is 6.15. The molecule has 0 saturated carbocycles. The molecular weight excluding hydrogens is 462 g/mol. The van der Waals surface area contributed by atoms with Crippen LogP contribution in [0.1, 0.15) is 34.0 Å². The molecular formula is C23H16ClF4N3O2. The van der Waals surface area contributed by atoms with E-state index in [9.17, 15) is 22.4 Å². The lowest BCUT2D eigenvalue weighted by Gasteiger charge is -2.15. The second kappa shape index (κ2) is 7.91. The van der Waals surface area contributed by atoms with E-state index in [1.807, 2.05) is 0 Å². The lowest BCUT2D eigenvalue weighted by atomic mass is 9.99. The number of amides is 1. The third kappa shape index (κ3) is 3.86. The summed E-state index contributed by atoms with van der Waals surface area (Å²) in [6, 6.07) is 10.0. The van der Waals surface area contributed by atoms with Crippen molar-refractivity contribution in [2.45, 2.75) is 18.5 Å². The molecule has 0 N–H and O–H groups in total. The normalized spacial score (nSPS) is 16.6. The zero-order valence-corrected chi connectivity index (χ0v) is 17.7. The zero-order chi connectivity index (χ0) is 23.3. The van der Waals surface area contributed by atoms with Crippen LogP contribution in [-0.2, 0) is 6.18 Å². The summed E-state index contributed by atoms with van der Waals surface area (Å²) in [5.74, 6) is -0.695. The molecule has 1 atom stereocenters. The lowest BCUT2D eigenvalue weighted by Crippen LogP contribution is -2.29. The van der Waals surface area contributed by atoms with Crippen molar-refractivity contribution in [2.75, 3.05) is 13.1 Å². The number of benzene rings is 1. The number of aromatic nitrogens is 2. The number of imidazole rings is 1. The minimum Gasteiger partial charge on any atom is -0.464 e. The largest absolute Gasteiger partial charge is 0.464 e. The fourth-order valence-corrected chi connectivity index (χ4v) is 4.39. The minimum atomic E-state index is -4.72. The van der Waals surface area contributed by atoms with Crippen molar-refractivity contribution in [3.63, 3.8) is 0 Å². The molecule has 4 aromatic rings. The number of nitrogens with zero attached hydrogens (tertiary/aromatic N) is 3. The number of furan rings is 1. The molecule has 5 rings (SSSR count). The molecule has 1 saturated heterocycles. The molecule has 1 fully saturated rings. The van der Waals surface area contributed by atoms with Crippen molar-refractivity contribution in [3.05, 3.63) is 82.7 Å². The van der Waals surface area contributed by atoms with E-state index in [2.05, 4.69) is 4.98 Å². The molecule has 0 aliphatic carbocycles. The van der Waals surface area contributed by atoms with Crippen LogP contribution in [0.3, 0.4) is 0 Å². The molecule has 4 heterocycles. The number of likely N-dealkylation sites (tertiary alicyclic amines) is 1. The van der Waals surface area contributed by atoms with Crippen LogP contribution in [0.15, 0.2) is 59.3 Å². The molecule has 10 heteroatoms. The average molecular weight is 478 g/mol. The van der Waals surface area contributed by atoms with Crippen LogP contribution in [-0.4, -0.2) is 33.3 Å². The Bertz CT molecular complexity index is 1330. The highest BCUT2D eigenvalue weighted by atomic mass is 35.5. The first-order valence-corrected chi connectivity index (χ1v) is 10.5. The van der Waals surface area contributed by atoms with Crippen LogP contribution >= 0.6 is 11.6 Å². The zero-order valence-electron chi connectivity index (χ0n) is 16.9. The second-order valence-electron chi connectivity index (χ2n) is 7.85. The van der Waals surface area contributed by atoms with Crippen LogP contribution in [0.25, 0.3) is 17.0 Å². The monoisotopic (exact) mass is 477 g/mol. The molecule has 0 spiro atoms. The van der Waals surface area contributed by atoms with Gasteiger partial charge in [-0.25, -0.2) is 9.37 Å². The number of fused-ring (bicyclic) bond motifs is 1. The predicted octanol–water partition coefficient (Wildman–Crippen LogP) is 6.04. The van der Waals surface area contributed by atoms with E-state index in [0.717, 1.165) is 16.0 Å². The number of hydrogen-bond donors (Lipinski definition) is 0. The maximum absolute atomic E-state index is 13.8. The van der Waals surface area contributed by atoms with E-state index in [1.54, 1.807) is 18.2 Å². The number of carbonyl (C=O) groups is 1. The predicted molar refractivity (Wildman–Crippen MR) is 113 cm³/mol. The summed E-state index contributed by atoms with van der Waals surface area (Å²) >= 11 is 6.37. The van der Waals surface area contributed by atoms with Crippen molar-refractivity contribution >= 4 is 23.2 Å². The molecule has 1 unspecified atom stereocenters. The van der Waals surface area contributed by atoms with Gasteiger partial charge >= 0.3 is 6.18 Å². The minimum absolute atomic E-state index is 0.0124. The highest BCUT2D eigenvalue weighted by Gasteiger charge is 2.37.